The molecule has 22 heavy (non-hydrogen) atoms. The van der Waals surface area contributed by atoms with Crippen molar-refractivity contribution in [2.75, 3.05) is 13.8 Å². The number of amides is 1. The zero-order chi connectivity index (χ0) is 15.5. The highest BCUT2D eigenvalue weighted by Gasteiger charge is 2.12. The number of benzene rings is 1. The normalized spacial score (nSPS) is 12.8. The lowest BCUT2D eigenvalue weighted by atomic mass is 10.2. The van der Waals surface area contributed by atoms with Crippen molar-refractivity contribution in [1.29, 1.82) is 0 Å². The molecule has 0 fully saturated rings. The van der Waals surface area contributed by atoms with E-state index in [0.717, 1.165) is 20.0 Å². The summed E-state index contributed by atoms with van der Waals surface area (Å²) in [6.07, 6.45) is 3.35. The first-order valence-electron chi connectivity index (χ1n) is 6.69. The van der Waals surface area contributed by atoms with Crippen LogP contribution in [0, 0.1) is 0 Å². The molecule has 0 spiro atoms. The minimum Gasteiger partial charge on any atom is -0.454 e. The lowest BCUT2D eigenvalue weighted by Gasteiger charge is -2.13. The fraction of sp³-hybridized carbons (Fsp3) is 0.188. The Labute approximate surface area is 141 Å². The highest BCUT2D eigenvalue weighted by atomic mass is 79.9. The molecule has 2 heterocycles. The third kappa shape index (κ3) is 3.51. The van der Waals surface area contributed by atoms with E-state index in [4.69, 9.17) is 9.47 Å². The zero-order valence-electron chi connectivity index (χ0n) is 11.9. The van der Waals surface area contributed by atoms with Gasteiger partial charge in [-0.2, -0.15) is 0 Å². The second-order valence-corrected chi connectivity index (χ2v) is 7.39. The molecule has 0 atom stereocenters. The summed E-state index contributed by atoms with van der Waals surface area (Å²) in [6, 6.07) is 9.61. The molecule has 3 rings (SSSR count). The molecule has 1 aromatic heterocycles. The predicted molar refractivity (Wildman–Crippen MR) is 90.1 cm³/mol. The van der Waals surface area contributed by atoms with Crippen LogP contribution in [0.1, 0.15) is 10.4 Å². The minimum absolute atomic E-state index is 0.0396. The highest BCUT2D eigenvalue weighted by molar-refractivity contribution is 9.11. The number of rotatable bonds is 4. The molecule has 0 radical (unpaired) electrons. The molecular weight excluding hydrogens is 366 g/mol. The molecule has 0 saturated carbocycles. The zero-order valence-corrected chi connectivity index (χ0v) is 14.3. The quantitative estimate of drug-likeness (QED) is 0.755. The molecule has 1 aliphatic heterocycles. The van der Waals surface area contributed by atoms with Gasteiger partial charge in [-0.1, -0.05) is 6.07 Å². The number of hydrogen-bond donors (Lipinski definition) is 0. The van der Waals surface area contributed by atoms with Gasteiger partial charge in [0.1, 0.15) is 0 Å². The third-order valence-electron chi connectivity index (χ3n) is 3.21. The molecule has 0 unspecified atom stereocenters. The Balaban J connectivity index is 1.63. The fourth-order valence-corrected chi connectivity index (χ4v) is 3.60. The number of likely N-dealkylation sites (N-methyl/N-ethyl adjacent to an activating group) is 1. The summed E-state index contributed by atoms with van der Waals surface area (Å²) in [7, 11) is 1.79. The van der Waals surface area contributed by atoms with Crippen LogP contribution < -0.4 is 9.47 Å². The molecule has 114 valence electrons. The van der Waals surface area contributed by atoms with Gasteiger partial charge in [0.2, 0.25) is 12.7 Å². The Morgan fingerprint density at radius 1 is 1.32 bits per heavy atom. The van der Waals surface area contributed by atoms with Gasteiger partial charge in [0.25, 0.3) is 0 Å². The Morgan fingerprint density at radius 2 is 2.14 bits per heavy atom. The van der Waals surface area contributed by atoms with Gasteiger partial charge in [0.15, 0.2) is 11.5 Å². The maximum atomic E-state index is 12.1. The molecule has 6 heteroatoms. The molecule has 0 saturated heterocycles. The molecule has 1 aromatic carbocycles. The average molecular weight is 380 g/mol. The lowest BCUT2D eigenvalue weighted by molar-refractivity contribution is -0.125. The first-order chi connectivity index (χ1) is 10.6. The number of carbonyl (C=O) groups excluding carboxylic acids is 1. The average Bonchev–Trinajstić information content (AvgIpc) is 3.12. The van der Waals surface area contributed by atoms with Crippen LogP contribution in [0.2, 0.25) is 0 Å². The van der Waals surface area contributed by atoms with Crippen LogP contribution in [0.25, 0.3) is 6.08 Å². The summed E-state index contributed by atoms with van der Waals surface area (Å²) in [4.78, 5) is 15.0. The third-order valence-corrected chi connectivity index (χ3v) is 4.82. The van der Waals surface area contributed by atoms with Crippen molar-refractivity contribution in [3.8, 4) is 11.5 Å². The largest absolute Gasteiger partial charge is 0.454 e. The van der Waals surface area contributed by atoms with Gasteiger partial charge in [-0.25, -0.2) is 0 Å². The SMILES string of the molecule is CN(Cc1ccc(Br)s1)C(=O)/C=C/c1ccc2c(c1)OCO2. The van der Waals surface area contributed by atoms with Crippen molar-refractivity contribution in [3.63, 3.8) is 0 Å². The maximum absolute atomic E-state index is 12.1. The molecule has 1 amide bonds. The van der Waals surface area contributed by atoms with Crippen molar-refractivity contribution in [1.82, 2.24) is 4.90 Å². The smallest absolute Gasteiger partial charge is 0.246 e. The number of carbonyl (C=O) groups is 1. The van der Waals surface area contributed by atoms with E-state index in [1.165, 1.54) is 0 Å². The molecule has 2 aromatic rings. The van der Waals surface area contributed by atoms with Crippen LogP contribution in [0.3, 0.4) is 0 Å². The Hall–Kier alpha value is -1.79. The summed E-state index contributed by atoms with van der Waals surface area (Å²) in [6.45, 7) is 0.848. The van der Waals surface area contributed by atoms with E-state index < -0.39 is 0 Å². The van der Waals surface area contributed by atoms with E-state index in [-0.39, 0.29) is 12.7 Å². The second kappa shape index (κ2) is 6.54. The summed E-state index contributed by atoms with van der Waals surface area (Å²) in [5.74, 6) is 1.41. The molecule has 0 aliphatic carbocycles. The lowest BCUT2D eigenvalue weighted by Crippen LogP contribution is -2.23. The van der Waals surface area contributed by atoms with E-state index in [1.54, 1.807) is 35.4 Å². The molecule has 0 bridgehead atoms. The molecule has 0 N–H and O–H groups in total. The number of nitrogens with zero attached hydrogens (tertiary/aromatic N) is 1. The summed E-state index contributed by atoms with van der Waals surface area (Å²) >= 11 is 5.05. The number of ether oxygens (including phenoxy) is 2. The molecule has 4 nitrogen and oxygen atoms in total. The first-order valence-corrected chi connectivity index (χ1v) is 8.30. The second-order valence-electron chi connectivity index (χ2n) is 4.85. The van der Waals surface area contributed by atoms with E-state index in [0.29, 0.717) is 12.3 Å². The van der Waals surface area contributed by atoms with Crippen LogP contribution in [0.4, 0.5) is 0 Å². The number of halogens is 1. The predicted octanol–water partition coefficient (Wildman–Crippen LogP) is 3.91. The van der Waals surface area contributed by atoms with Crippen LogP contribution in [-0.2, 0) is 11.3 Å². The van der Waals surface area contributed by atoms with Crippen molar-refractivity contribution in [3.05, 3.63) is 50.6 Å². The fourth-order valence-electron chi connectivity index (χ4n) is 2.06. The number of fused-ring (bicyclic) bond motifs is 1. The highest BCUT2D eigenvalue weighted by Crippen LogP contribution is 2.32. The van der Waals surface area contributed by atoms with Crippen molar-refractivity contribution in [2.24, 2.45) is 0 Å². The topological polar surface area (TPSA) is 38.8 Å². The van der Waals surface area contributed by atoms with Crippen LogP contribution in [0.5, 0.6) is 11.5 Å². The van der Waals surface area contributed by atoms with Crippen LogP contribution >= 0.6 is 27.3 Å². The van der Waals surface area contributed by atoms with E-state index in [1.807, 2.05) is 30.3 Å². The van der Waals surface area contributed by atoms with E-state index in [9.17, 15) is 4.79 Å². The summed E-state index contributed by atoms with van der Waals surface area (Å²) < 4.78 is 11.7. The monoisotopic (exact) mass is 379 g/mol. The van der Waals surface area contributed by atoms with E-state index in [2.05, 4.69) is 15.9 Å². The van der Waals surface area contributed by atoms with Gasteiger partial charge >= 0.3 is 0 Å². The van der Waals surface area contributed by atoms with Crippen molar-refractivity contribution in [2.45, 2.75) is 6.54 Å². The maximum Gasteiger partial charge on any atom is 0.246 e. The summed E-state index contributed by atoms with van der Waals surface area (Å²) in [5, 5.41) is 0. The van der Waals surface area contributed by atoms with Gasteiger partial charge in [-0.05, 0) is 51.8 Å². The standard InChI is InChI=1S/C16H14BrNO3S/c1-18(9-12-4-6-15(17)22-12)16(19)7-3-11-2-5-13-14(8-11)21-10-20-13/h2-8H,9-10H2,1H3/b7-3+. The van der Waals surface area contributed by atoms with Gasteiger partial charge in [-0.15, -0.1) is 11.3 Å². The number of hydrogen-bond acceptors (Lipinski definition) is 4. The van der Waals surface area contributed by atoms with Crippen molar-refractivity contribution >= 4 is 39.2 Å². The van der Waals surface area contributed by atoms with E-state index >= 15 is 0 Å². The van der Waals surface area contributed by atoms with Gasteiger partial charge in [0.05, 0.1) is 10.3 Å². The Morgan fingerprint density at radius 3 is 2.91 bits per heavy atom. The number of thiophene rings is 1. The summed E-state index contributed by atoms with van der Waals surface area (Å²) in [5.41, 5.74) is 0.907. The van der Waals surface area contributed by atoms with Crippen LogP contribution in [0.15, 0.2) is 40.2 Å². The van der Waals surface area contributed by atoms with Gasteiger partial charge in [0, 0.05) is 18.0 Å². The first kappa shape index (κ1) is 15.1. The minimum atomic E-state index is -0.0396. The van der Waals surface area contributed by atoms with Gasteiger partial charge < -0.3 is 14.4 Å². The Kier molecular flexibility index (Phi) is 4.49. The Bertz CT molecular complexity index is 726. The van der Waals surface area contributed by atoms with Crippen molar-refractivity contribution < 1.29 is 14.3 Å². The van der Waals surface area contributed by atoms with Gasteiger partial charge in [-0.3, -0.25) is 4.79 Å². The van der Waals surface area contributed by atoms with Crippen LogP contribution in [-0.4, -0.2) is 24.6 Å². The molecule has 1 aliphatic rings. The molecular formula is C16H14BrNO3S.